The first-order chi connectivity index (χ1) is 15.8. The van der Waals surface area contributed by atoms with Gasteiger partial charge in [0.05, 0.1) is 23.6 Å². The maximum atomic E-state index is 13.9. The van der Waals surface area contributed by atoms with Crippen molar-refractivity contribution in [3.63, 3.8) is 0 Å². The fourth-order valence-corrected chi connectivity index (χ4v) is 3.88. The van der Waals surface area contributed by atoms with Crippen LogP contribution in [0.5, 0.6) is 0 Å². The Kier molecular flexibility index (Phi) is 8.34. The van der Waals surface area contributed by atoms with E-state index in [1.165, 1.54) is 13.4 Å². The molecule has 3 rings (SSSR count). The van der Waals surface area contributed by atoms with Gasteiger partial charge in [0.25, 0.3) is 11.8 Å². The van der Waals surface area contributed by atoms with Crippen LogP contribution in [0.2, 0.25) is 5.02 Å². The highest BCUT2D eigenvalue weighted by Crippen LogP contribution is 2.30. The number of carbonyl (C=O) groups excluding carboxylic acids is 3. The van der Waals surface area contributed by atoms with Gasteiger partial charge in [0.2, 0.25) is 5.91 Å². The van der Waals surface area contributed by atoms with Crippen LogP contribution in [0.15, 0.2) is 18.5 Å². The molecule has 0 atom stereocenters. The monoisotopic (exact) mass is 483 g/mol. The quantitative estimate of drug-likeness (QED) is 0.429. The molecule has 2 aromatic rings. The van der Waals surface area contributed by atoms with Gasteiger partial charge in [-0.25, -0.2) is 13.8 Å². The highest BCUT2D eigenvalue weighted by molar-refractivity contribution is 6.33. The zero-order valence-corrected chi connectivity index (χ0v) is 18.6. The van der Waals surface area contributed by atoms with Gasteiger partial charge in [-0.3, -0.25) is 14.4 Å². The minimum Gasteiger partial charge on any atom is -0.383 e. The van der Waals surface area contributed by atoms with Crippen molar-refractivity contribution in [3.8, 4) is 0 Å². The summed E-state index contributed by atoms with van der Waals surface area (Å²) in [4.78, 5) is 44.0. The number of amides is 3. The maximum absolute atomic E-state index is 13.9. The van der Waals surface area contributed by atoms with Crippen molar-refractivity contribution in [2.24, 2.45) is 5.92 Å². The van der Waals surface area contributed by atoms with E-state index in [0.29, 0.717) is 38.4 Å². The number of ether oxygens (including phenoxy) is 1. The van der Waals surface area contributed by atoms with Crippen LogP contribution in [0.3, 0.4) is 0 Å². The number of hydrogen-bond donors (Lipinski definition) is 4. The molecule has 1 aromatic carbocycles. The maximum Gasteiger partial charge on any atom is 0.272 e. The number of H-pyrrole nitrogens is 1. The van der Waals surface area contributed by atoms with Gasteiger partial charge in [0, 0.05) is 31.7 Å². The number of carbonyl (C=O) groups is 3. The summed E-state index contributed by atoms with van der Waals surface area (Å²) in [5, 5.41) is 7.66. The minimum absolute atomic E-state index is 0.0220. The summed E-state index contributed by atoms with van der Waals surface area (Å²) in [5.41, 5.74) is -0.227. The summed E-state index contributed by atoms with van der Waals surface area (Å²) in [7, 11) is 1.51. The second kappa shape index (κ2) is 11.2. The Balaban J connectivity index is 1.52. The van der Waals surface area contributed by atoms with Crippen LogP contribution in [0.1, 0.15) is 46.7 Å². The summed E-state index contributed by atoms with van der Waals surface area (Å²) in [6.45, 7) is 0.618. The first-order valence-electron chi connectivity index (χ1n) is 10.4. The van der Waals surface area contributed by atoms with Crippen LogP contribution < -0.4 is 16.0 Å². The van der Waals surface area contributed by atoms with Gasteiger partial charge in [-0.05, 0) is 31.7 Å². The molecule has 1 heterocycles. The molecule has 1 aromatic heterocycles. The van der Waals surface area contributed by atoms with E-state index in [9.17, 15) is 23.2 Å². The van der Waals surface area contributed by atoms with Gasteiger partial charge in [-0.2, -0.15) is 0 Å². The van der Waals surface area contributed by atoms with Crippen molar-refractivity contribution in [2.75, 3.05) is 25.6 Å². The largest absolute Gasteiger partial charge is 0.383 e. The second-order valence-corrected chi connectivity index (χ2v) is 8.04. The molecule has 0 spiro atoms. The molecule has 12 heteroatoms. The number of nitrogens with one attached hydrogen (secondary N) is 4. The molecule has 1 aliphatic carbocycles. The molecule has 0 saturated heterocycles. The van der Waals surface area contributed by atoms with E-state index in [0.717, 1.165) is 6.07 Å². The number of hydrogen-bond acceptors (Lipinski definition) is 5. The van der Waals surface area contributed by atoms with E-state index < -0.39 is 35.3 Å². The molecule has 1 fully saturated rings. The van der Waals surface area contributed by atoms with Crippen LogP contribution in [-0.2, 0) is 9.53 Å². The number of imidazole rings is 1. The fourth-order valence-electron chi connectivity index (χ4n) is 3.64. The molecule has 9 nitrogen and oxygen atoms in total. The molecule has 0 bridgehead atoms. The van der Waals surface area contributed by atoms with Crippen molar-refractivity contribution in [1.82, 2.24) is 20.6 Å². The van der Waals surface area contributed by atoms with Gasteiger partial charge in [0.1, 0.15) is 11.5 Å². The predicted molar refractivity (Wildman–Crippen MR) is 116 cm³/mol. The normalized spacial score (nSPS) is 17.9. The fraction of sp³-hybridized carbons (Fsp3) is 0.429. The lowest BCUT2D eigenvalue weighted by Gasteiger charge is -2.28. The lowest BCUT2D eigenvalue weighted by atomic mass is 9.85. The van der Waals surface area contributed by atoms with Gasteiger partial charge < -0.3 is 25.7 Å². The Morgan fingerprint density at radius 1 is 1.18 bits per heavy atom. The summed E-state index contributed by atoms with van der Waals surface area (Å²) < 4.78 is 32.0. The molecule has 1 aliphatic rings. The molecule has 1 saturated carbocycles. The highest BCUT2D eigenvalue weighted by Gasteiger charge is 2.29. The first kappa shape index (κ1) is 24.6. The Morgan fingerprint density at radius 2 is 1.91 bits per heavy atom. The molecule has 0 unspecified atom stereocenters. The van der Waals surface area contributed by atoms with Crippen molar-refractivity contribution in [1.29, 1.82) is 0 Å². The van der Waals surface area contributed by atoms with Crippen LogP contribution >= 0.6 is 11.6 Å². The number of aromatic nitrogens is 2. The van der Waals surface area contributed by atoms with Gasteiger partial charge in [0.15, 0.2) is 11.5 Å². The molecular formula is C21H24ClF2N5O4. The van der Waals surface area contributed by atoms with Crippen molar-refractivity contribution in [3.05, 3.63) is 46.5 Å². The van der Waals surface area contributed by atoms with Crippen LogP contribution in [-0.4, -0.2) is 54.0 Å². The van der Waals surface area contributed by atoms with E-state index in [1.54, 1.807) is 0 Å². The smallest absolute Gasteiger partial charge is 0.272 e. The van der Waals surface area contributed by atoms with Crippen LogP contribution in [0.25, 0.3) is 0 Å². The number of benzene rings is 1. The zero-order valence-electron chi connectivity index (χ0n) is 17.8. The zero-order chi connectivity index (χ0) is 24.0. The van der Waals surface area contributed by atoms with Gasteiger partial charge >= 0.3 is 0 Å². The average Bonchev–Trinajstić information content (AvgIpc) is 3.27. The van der Waals surface area contributed by atoms with Crippen molar-refractivity contribution < 1.29 is 27.9 Å². The number of aromatic amines is 1. The highest BCUT2D eigenvalue weighted by atomic mass is 35.5. The van der Waals surface area contributed by atoms with E-state index in [1.807, 2.05) is 0 Å². The molecule has 178 valence electrons. The third-order valence-electron chi connectivity index (χ3n) is 5.36. The number of methoxy groups -OCH3 is 1. The van der Waals surface area contributed by atoms with E-state index in [-0.39, 0.29) is 34.7 Å². The predicted octanol–water partition coefficient (Wildman–Crippen LogP) is 2.64. The summed E-state index contributed by atoms with van der Waals surface area (Å²) in [5.74, 6) is -3.58. The summed E-state index contributed by atoms with van der Waals surface area (Å²) in [6, 6.07) is 1.36. The molecule has 3 amide bonds. The Morgan fingerprint density at radius 3 is 2.58 bits per heavy atom. The SMILES string of the molecule is COCCNC(=O)c1[nH]cnc1C(=O)NC1CCC(C(=O)Nc2c(F)cc(F)cc2Cl)CC1. The van der Waals surface area contributed by atoms with E-state index in [4.69, 9.17) is 16.3 Å². The molecular weight excluding hydrogens is 460 g/mol. The van der Waals surface area contributed by atoms with Crippen LogP contribution in [0.4, 0.5) is 14.5 Å². The number of halogens is 3. The summed E-state index contributed by atoms with van der Waals surface area (Å²) in [6.07, 6.45) is 3.16. The third-order valence-corrected chi connectivity index (χ3v) is 5.66. The number of anilines is 1. The lowest BCUT2D eigenvalue weighted by molar-refractivity contribution is -0.120. The molecule has 4 N–H and O–H groups in total. The molecule has 0 aliphatic heterocycles. The minimum atomic E-state index is -0.949. The van der Waals surface area contributed by atoms with Gasteiger partial charge in [-0.15, -0.1) is 0 Å². The second-order valence-electron chi connectivity index (χ2n) is 7.63. The standard InChI is InChI=1S/C21H24ClF2N5O4/c1-33-7-6-25-20(31)17-18(27-10-26-17)21(32)28-13-4-2-11(3-5-13)19(30)29-16-14(22)8-12(23)9-15(16)24/h8-11,13H,2-7H2,1H3,(H,25,31)(H,26,27)(H,28,32)(H,29,30). The number of rotatable bonds is 8. The van der Waals surface area contributed by atoms with Crippen molar-refractivity contribution in [2.45, 2.75) is 31.7 Å². The first-order valence-corrected chi connectivity index (χ1v) is 10.7. The van der Waals surface area contributed by atoms with Gasteiger partial charge in [-0.1, -0.05) is 11.6 Å². The number of nitrogens with zero attached hydrogens (tertiary/aromatic N) is 1. The lowest BCUT2D eigenvalue weighted by Crippen LogP contribution is -2.40. The van der Waals surface area contributed by atoms with E-state index in [2.05, 4.69) is 25.9 Å². The Hall–Kier alpha value is -3.05. The molecule has 33 heavy (non-hydrogen) atoms. The third kappa shape index (κ3) is 6.26. The van der Waals surface area contributed by atoms with Crippen LogP contribution in [0, 0.1) is 17.6 Å². The topological polar surface area (TPSA) is 125 Å². The molecule has 0 radical (unpaired) electrons. The Labute approximate surface area is 193 Å². The summed E-state index contributed by atoms with van der Waals surface area (Å²) >= 11 is 5.83. The van der Waals surface area contributed by atoms with E-state index >= 15 is 0 Å². The Bertz CT molecular complexity index is 1000. The van der Waals surface area contributed by atoms with Crippen molar-refractivity contribution >= 4 is 35.0 Å². The average molecular weight is 484 g/mol.